The SMILES string of the molecule is COCC(C)OCC(O)CNC(C)c1ccc(Cl)s1. The maximum atomic E-state index is 9.82. The summed E-state index contributed by atoms with van der Waals surface area (Å²) in [6.45, 7) is 5.28. The van der Waals surface area contributed by atoms with E-state index in [9.17, 15) is 5.11 Å². The molecule has 2 N–H and O–H groups in total. The quantitative estimate of drug-likeness (QED) is 0.736. The van der Waals surface area contributed by atoms with Gasteiger partial charge >= 0.3 is 0 Å². The topological polar surface area (TPSA) is 50.7 Å². The van der Waals surface area contributed by atoms with E-state index in [2.05, 4.69) is 5.32 Å². The van der Waals surface area contributed by atoms with Crippen LogP contribution in [-0.4, -0.2) is 44.2 Å². The van der Waals surface area contributed by atoms with Crippen molar-refractivity contribution in [1.82, 2.24) is 5.32 Å². The van der Waals surface area contributed by atoms with E-state index in [-0.39, 0.29) is 12.1 Å². The van der Waals surface area contributed by atoms with Gasteiger partial charge in [-0.25, -0.2) is 0 Å². The number of aliphatic hydroxyl groups is 1. The summed E-state index contributed by atoms with van der Waals surface area (Å²) < 4.78 is 11.2. The average molecular weight is 308 g/mol. The van der Waals surface area contributed by atoms with E-state index in [0.29, 0.717) is 19.8 Å². The smallest absolute Gasteiger partial charge is 0.0931 e. The lowest BCUT2D eigenvalue weighted by Gasteiger charge is -2.18. The van der Waals surface area contributed by atoms with Crippen LogP contribution in [0.25, 0.3) is 0 Å². The molecule has 110 valence electrons. The molecule has 1 aromatic rings. The monoisotopic (exact) mass is 307 g/mol. The van der Waals surface area contributed by atoms with Crippen molar-refractivity contribution >= 4 is 22.9 Å². The first-order valence-electron chi connectivity index (χ1n) is 6.30. The molecule has 1 rings (SSSR count). The van der Waals surface area contributed by atoms with E-state index in [1.807, 2.05) is 26.0 Å². The van der Waals surface area contributed by atoms with Gasteiger partial charge in [0.1, 0.15) is 0 Å². The fraction of sp³-hybridized carbons (Fsp3) is 0.692. The van der Waals surface area contributed by atoms with Crippen molar-refractivity contribution < 1.29 is 14.6 Å². The minimum Gasteiger partial charge on any atom is -0.389 e. The van der Waals surface area contributed by atoms with Crippen LogP contribution in [-0.2, 0) is 9.47 Å². The lowest BCUT2D eigenvalue weighted by atomic mass is 10.2. The fourth-order valence-corrected chi connectivity index (χ4v) is 2.68. The highest BCUT2D eigenvalue weighted by Crippen LogP contribution is 2.26. The van der Waals surface area contributed by atoms with Gasteiger partial charge in [-0.2, -0.15) is 0 Å². The summed E-state index contributed by atoms with van der Waals surface area (Å²) in [5, 5.41) is 13.1. The van der Waals surface area contributed by atoms with Crippen molar-refractivity contribution in [2.45, 2.75) is 32.1 Å². The van der Waals surface area contributed by atoms with Crippen LogP contribution in [0.4, 0.5) is 0 Å². The molecule has 0 saturated carbocycles. The third-order valence-electron chi connectivity index (χ3n) is 2.65. The summed E-state index contributed by atoms with van der Waals surface area (Å²) in [4.78, 5) is 1.16. The zero-order valence-corrected chi connectivity index (χ0v) is 13.1. The minimum absolute atomic E-state index is 0.00632. The number of rotatable bonds is 9. The average Bonchev–Trinajstić information content (AvgIpc) is 2.80. The summed E-state index contributed by atoms with van der Waals surface area (Å²) in [6.07, 6.45) is -0.537. The molecule has 1 heterocycles. The second-order valence-corrected chi connectivity index (χ2v) is 6.27. The van der Waals surface area contributed by atoms with Gasteiger partial charge in [0.2, 0.25) is 0 Å². The molecule has 0 spiro atoms. The van der Waals surface area contributed by atoms with Gasteiger partial charge < -0.3 is 19.9 Å². The Morgan fingerprint density at radius 3 is 2.68 bits per heavy atom. The van der Waals surface area contributed by atoms with Gasteiger partial charge in [0.25, 0.3) is 0 Å². The predicted molar refractivity (Wildman–Crippen MR) is 79.0 cm³/mol. The first-order valence-corrected chi connectivity index (χ1v) is 7.49. The van der Waals surface area contributed by atoms with Crippen LogP contribution in [0, 0.1) is 0 Å². The third kappa shape index (κ3) is 6.70. The molecule has 0 aromatic carbocycles. The molecule has 0 amide bonds. The number of hydrogen-bond acceptors (Lipinski definition) is 5. The normalized spacial score (nSPS) is 16.3. The van der Waals surface area contributed by atoms with E-state index in [0.717, 1.165) is 9.21 Å². The number of nitrogens with one attached hydrogen (secondary N) is 1. The zero-order valence-electron chi connectivity index (χ0n) is 11.6. The van der Waals surface area contributed by atoms with Crippen molar-refractivity contribution in [3.05, 3.63) is 21.3 Å². The summed E-state index contributed by atoms with van der Waals surface area (Å²) in [7, 11) is 1.63. The molecule has 0 radical (unpaired) electrons. The summed E-state index contributed by atoms with van der Waals surface area (Å²) in [6, 6.07) is 4.04. The van der Waals surface area contributed by atoms with E-state index in [4.69, 9.17) is 21.1 Å². The minimum atomic E-state index is -0.530. The van der Waals surface area contributed by atoms with E-state index in [1.165, 1.54) is 0 Å². The van der Waals surface area contributed by atoms with Crippen LogP contribution < -0.4 is 5.32 Å². The molecular weight excluding hydrogens is 286 g/mol. The van der Waals surface area contributed by atoms with Gasteiger partial charge in [0.15, 0.2) is 0 Å². The Morgan fingerprint density at radius 2 is 2.11 bits per heavy atom. The van der Waals surface area contributed by atoms with Gasteiger partial charge in [-0.15, -0.1) is 11.3 Å². The van der Waals surface area contributed by atoms with E-state index >= 15 is 0 Å². The van der Waals surface area contributed by atoms with Gasteiger partial charge in [0, 0.05) is 24.6 Å². The van der Waals surface area contributed by atoms with Crippen molar-refractivity contribution in [2.24, 2.45) is 0 Å². The first-order chi connectivity index (χ1) is 9.02. The van der Waals surface area contributed by atoms with Crippen molar-refractivity contribution in [3.8, 4) is 0 Å². The number of ether oxygens (including phenoxy) is 2. The second kappa shape index (κ2) is 8.89. The highest BCUT2D eigenvalue weighted by Gasteiger charge is 2.12. The van der Waals surface area contributed by atoms with Gasteiger partial charge in [-0.3, -0.25) is 0 Å². The van der Waals surface area contributed by atoms with Crippen molar-refractivity contribution in [1.29, 1.82) is 0 Å². The van der Waals surface area contributed by atoms with Crippen molar-refractivity contribution in [3.63, 3.8) is 0 Å². The number of hydrogen-bond donors (Lipinski definition) is 2. The molecule has 0 bridgehead atoms. The molecule has 0 aliphatic heterocycles. The van der Waals surface area contributed by atoms with Crippen LogP contribution in [0.15, 0.2) is 12.1 Å². The van der Waals surface area contributed by atoms with Crippen LogP contribution >= 0.6 is 22.9 Å². The maximum Gasteiger partial charge on any atom is 0.0931 e. The Labute approximate surface area is 123 Å². The molecule has 0 aliphatic carbocycles. The molecular formula is C13H22ClNO3S. The summed E-state index contributed by atoms with van der Waals surface area (Å²) in [5.74, 6) is 0. The molecule has 0 saturated heterocycles. The van der Waals surface area contributed by atoms with Crippen LogP contribution in [0.3, 0.4) is 0 Å². The second-order valence-electron chi connectivity index (χ2n) is 4.52. The highest BCUT2D eigenvalue weighted by atomic mass is 35.5. The van der Waals surface area contributed by atoms with Crippen LogP contribution in [0.2, 0.25) is 4.34 Å². The number of halogens is 1. The highest BCUT2D eigenvalue weighted by molar-refractivity contribution is 7.16. The molecule has 3 atom stereocenters. The predicted octanol–water partition coefficient (Wildman–Crippen LogP) is 2.46. The molecule has 1 aromatic heterocycles. The van der Waals surface area contributed by atoms with Gasteiger partial charge in [-0.1, -0.05) is 11.6 Å². The molecule has 4 nitrogen and oxygen atoms in total. The Hall–Kier alpha value is -0.170. The zero-order chi connectivity index (χ0) is 14.3. The molecule has 6 heteroatoms. The van der Waals surface area contributed by atoms with E-state index < -0.39 is 6.10 Å². The summed E-state index contributed by atoms with van der Waals surface area (Å²) in [5.41, 5.74) is 0. The Morgan fingerprint density at radius 1 is 1.37 bits per heavy atom. The number of methoxy groups -OCH3 is 1. The van der Waals surface area contributed by atoms with Crippen LogP contribution in [0.5, 0.6) is 0 Å². The lowest BCUT2D eigenvalue weighted by Crippen LogP contribution is -2.33. The van der Waals surface area contributed by atoms with Gasteiger partial charge in [0.05, 0.1) is 29.8 Å². The first kappa shape index (κ1) is 16.9. The largest absolute Gasteiger partial charge is 0.389 e. The van der Waals surface area contributed by atoms with E-state index in [1.54, 1.807) is 18.4 Å². The Bertz CT molecular complexity index is 361. The maximum absolute atomic E-state index is 9.82. The van der Waals surface area contributed by atoms with Crippen molar-refractivity contribution in [2.75, 3.05) is 26.9 Å². The standard InChI is InChI=1S/C13H22ClNO3S/c1-9(7-17-3)18-8-11(16)6-15-10(2)12-4-5-13(14)19-12/h4-5,9-11,15-16H,6-8H2,1-3H3. The number of aliphatic hydroxyl groups excluding tert-OH is 1. The molecule has 0 aliphatic rings. The van der Waals surface area contributed by atoms with Crippen LogP contribution in [0.1, 0.15) is 24.8 Å². The summed E-state index contributed by atoms with van der Waals surface area (Å²) >= 11 is 7.44. The lowest BCUT2D eigenvalue weighted by molar-refractivity contribution is -0.0315. The Kier molecular flexibility index (Phi) is 7.90. The molecule has 19 heavy (non-hydrogen) atoms. The number of thiophene rings is 1. The molecule has 0 fully saturated rings. The van der Waals surface area contributed by atoms with Gasteiger partial charge in [-0.05, 0) is 26.0 Å². The third-order valence-corrected chi connectivity index (χ3v) is 4.07. The Balaban J connectivity index is 2.20. The fourth-order valence-electron chi connectivity index (χ4n) is 1.59. The molecule has 3 unspecified atom stereocenters.